The van der Waals surface area contributed by atoms with Gasteiger partial charge in [-0.1, -0.05) is 13.8 Å². The number of rotatable bonds is 4. The first-order chi connectivity index (χ1) is 6.33. The summed E-state index contributed by atoms with van der Waals surface area (Å²) in [5.41, 5.74) is 1.98. The Bertz CT molecular complexity index is 289. The molecule has 1 aromatic rings. The van der Waals surface area contributed by atoms with Crippen molar-refractivity contribution in [3.63, 3.8) is 0 Å². The maximum Gasteiger partial charge on any atom is 0.112 e. The summed E-state index contributed by atoms with van der Waals surface area (Å²) in [5.74, 6) is 6.28. The van der Waals surface area contributed by atoms with E-state index in [1.54, 1.807) is 6.26 Å². The monoisotopic (exact) mass is 180 g/mol. The van der Waals surface area contributed by atoms with Gasteiger partial charge in [-0.05, 0) is 18.9 Å². The number of hydrazone groups is 1. The minimum atomic E-state index is 0.840. The Hall–Kier alpha value is -1.25. The molecule has 1 rings (SSSR count). The van der Waals surface area contributed by atoms with Crippen LogP contribution in [0.15, 0.2) is 21.8 Å². The summed E-state index contributed by atoms with van der Waals surface area (Å²) in [7, 11) is 0. The van der Waals surface area contributed by atoms with Crippen molar-refractivity contribution in [1.82, 2.24) is 0 Å². The Balaban J connectivity index is 2.92. The quantitative estimate of drug-likeness (QED) is 0.439. The molecule has 0 atom stereocenters. The van der Waals surface area contributed by atoms with Crippen molar-refractivity contribution >= 4 is 5.71 Å². The highest BCUT2D eigenvalue weighted by molar-refractivity contribution is 6.01. The van der Waals surface area contributed by atoms with Crippen LogP contribution >= 0.6 is 0 Å². The van der Waals surface area contributed by atoms with Crippen molar-refractivity contribution in [3.05, 3.63) is 23.7 Å². The Kier molecular flexibility index (Phi) is 3.55. The van der Waals surface area contributed by atoms with Crippen LogP contribution in [0.5, 0.6) is 0 Å². The standard InChI is InChI=1S/C10H16N2O/c1-3-5-10-8(6-7-13-10)9(4-2)12-11/h6-7H,3-5,11H2,1-2H3/b12-9-. The molecule has 3 heteroatoms. The Morgan fingerprint density at radius 2 is 2.31 bits per heavy atom. The smallest absolute Gasteiger partial charge is 0.112 e. The van der Waals surface area contributed by atoms with Crippen LogP contribution in [-0.2, 0) is 6.42 Å². The summed E-state index contributed by atoms with van der Waals surface area (Å²) in [6.07, 6.45) is 4.55. The van der Waals surface area contributed by atoms with Crippen molar-refractivity contribution in [2.75, 3.05) is 0 Å². The number of aryl methyl sites for hydroxylation is 1. The molecule has 3 nitrogen and oxygen atoms in total. The highest BCUT2D eigenvalue weighted by Crippen LogP contribution is 2.15. The van der Waals surface area contributed by atoms with Gasteiger partial charge in [-0.15, -0.1) is 0 Å². The number of nitrogens with two attached hydrogens (primary N) is 1. The molecule has 0 aliphatic carbocycles. The van der Waals surface area contributed by atoms with Gasteiger partial charge in [-0.2, -0.15) is 5.10 Å². The molecule has 0 spiro atoms. The number of hydrogen-bond donors (Lipinski definition) is 1. The van der Waals surface area contributed by atoms with Crippen LogP contribution in [0, 0.1) is 0 Å². The Labute approximate surface area is 78.6 Å². The summed E-state index contributed by atoms with van der Waals surface area (Å²) < 4.78 is 5.35. The van der Waals surface area contributed by atoms with Gasteiger partial charge in [0.15, 0.2) is 0 Å². The van der Waals surface area contributed by atoms with Crippen molar-refractivity contribution < 1.29 is 4.42 Å². The molecular weight excluding hydrogens is 164 g/mol. The van der Waals surface area contributed by atoms with Gasteiger partial charge in [0.05, 0.1) is 12.0 Å². The second-order valence-electron chi connectivity index (χ2n) is 2.94. The van der Waals surface area contributed by atoms with E-state index in [9.17, 15) is 0 Å². The van der Waals surface area contributed by atoms with E-state index < -0.39 is 0 Å². The van der Waals surface area contributed by atoms with E-state index in [1.165, 1.54) is 0 Å². The Morgan fingerprint density at radius 1 is 1.54 bits per heavy atom. The molecule has 72 valence electrons. The average Bonchev–Trinajstić information content (AvgIpc) is 2.57. The molecule has 0 saturated heterocycles. The lowest BCUT2D eigenvalue weighted by atomic mass is 10.1. The summed E-state index contributed by atoms with van der Waals surface area (Å²) in [5, 5.41) is 3.75. The lowest BCUT2D eigenvalue weighted by Gasteiger charge is -2.01. The van der Waals surface area contributed by atoms with Crippen LogP contribution in [0.2, 0.25) is 0 Å². The minimum Gasteiger partial charge on any atom is -0.469 e. The molecule has 1 heterocycles. The first kappa shape index (κ1) is 9.84. The number of hydrogen-bond acceptors (Lipinski definition) is 3. The first-order valence-electron chi connectivity index (χ1n) is 4.66. The molecule has 0 unspecified atom stereocenters. The molecule has 0 saturated carbocycles. The van der Waals surface area contributed by atoms with Crippen LogP contribution in [0.25, 0.3) is 0 Å². The lowest BCUT2D eigenvalue weighted by Crippen LogP contribution is -2.04. The average molecular weight is 180 g/mol. The molecule has 0 aliphatic rings. The number of furan rings is 1. The van der Waals surface area contributed by atoms with Gasteiger partial charge in [0.25, 0.3) is 0 Å². The second kappa shape index (κ2) is 4.70. The third-order valence-corrected chi connectivity index (χ3v) is 2.02. The highest BCUT2D eigenvalue weighted by atomic mass is 16.3. The van der Waals surface area contributed by atoms with E-state index in [0.717, 1.165) is 36.3 Å². The van der Waals surface area contributed by atoms with Crippen LogP contribution in [-0.4, -0.2) is 5.71 Å². The Morgan fingerprint density at radius 3 is 2.85 bits per heavy atom. The molecule has 0 aromatic carbocycles. The van der Waals surface area contributed by atoms with Gasteiger partial charge in [0.2, 0.25) is 0 Å². The summed E-state index contributed by atoms with van der Waals surface area (Å²) in [4.78, 5) is 0. The predicted octanol–water partition coefficient (Wildman–Crippen LogP) is 2.30. The molecule has 1 aromatic heterocycles. The third-order valence-electron chi connectivity index (χ3n) is 2.02. The fraction of sp³-hybridized carbons (Fsp3) is 0.500. The maximum atomic E-state index is 5.35. The second-order valence-corrected chi connectivity index (χ2v) is 2.94. The van der Waals surface area contributed by atoms with Crippen molar-refractivity contribution in [2.24, 2.45) is 10.9 Å². The SMILES string of the molecule is CCCc1occc1/C(CC)=N\N. The molecule has 0 aliphatic heterocycles. The van der Waals surface area contributed by atoms with E-state index in [4.69, 9.17) is 10.3 Å². The molecule has 13 heavy (non-hydrogen) atoms. The van der Waals surface area contributed by atoms with Gasteiger partial charge in [0, 0.05) is 12.0 Å². The molecule has 0 fully saturated rings. The van der Waals surface area contributed by atoms with Crippen molar-refractivity contribution in [3.8, 4) is 0 Å². The van der Waals surface area contributed by atoms with E-state index >= 15 is 0 Å². The summed E-state index contributed by atoms with van der Waals surface area (Å²) in [6.45, 7) is 4.16. The van der Waals surface area contributed by atoms with Gasteiger partial charge < -0.3 is 10.3 Å². The largest absolute Gasteiger partial charge is 0.469 e. The fourth-order valence-corrected chi connectivity index (χ4v) is 1.37. The predicted molar refractivity (Wildman–Crippen MR) is 53.7 cm³/mol. The highest BCUT2D eigenvalue weighted by Gasteiger charge is 2.09. The zero-order valence-corrected chi connectivity index (χ0v) is 8.21. The molecule has 0 bridgehead atoms. The van der Waals surface area contributed by atoms with Crippen LogP contribution < -0.4 is 5.84 Å². The lowest BCUT2D eigenvalue weighted by molar-refractivity contribution is 0.505. The topological polar surface area (TPSA) is 51.5 Å². The molecular formula is C10H16N2O. The molecule has 0 radical (unpaired) electrons. The van der Waals surface area contributed by atoms with Crippen LogP contribution in [0.3, 0.4) is 0 Å². The van der Waals surface area contributed by atoms with E-state index in [-0.39, 0.29) is 0 Å². The molecule has 2 N–H and O–H groups in total. The molecule has 0 amide bonds. The number of nitrogens with zero attached hydrogens (tertiary/aromatic N) is 1. The third kappa shape index (κ3) is 2.11. The van der Waals surface area contributed by atoms with Gasteiger partial charge in [-0.25, -0.2) is 0 Å². The van der Waals surface area contributed by atoms with Gasteiger partial charge >= 0.3 is 0 Å². The van der Waals surface area contributed by atoms with Crippen LogP contribution in [0.1, 0.15) is 38.0 Å². The van der Waals surface area contributed by atoms with Crippen molar-refractivity contribution in [2.45, 2.75) is 33.1 Å². The normalized spacial score (nSPS) is 12.0. The van der Waals surface area contributed by atoms with Gasteiger partial charge in [-0.3, -0.25) is 0 Å². The van der Waals surface area contributed by atoms with Gasteiger partial charge in [0.1, 0.15) is 5.76 Å². The van der Waals surface area contributed by atoms with E-state index in [2.05, 4.69) is 12.0 Å². The fourth-order valence-electron chi connectivity index (χ4n) is 1.37. The maximum absolute atomic E-state index is 5.35. The summed E-state index contributed by atoms with van der Waals surface area (Å²) in [6, 6.07) is 1.93. The zero-order chi connectivity index (χ0) is 9.68. The van der Waals surface area contributed by atoms with Crippen molar-refractivity contribution in [1.29, 1.82) is 0 Å². The zero-order valence-electron chi connectivity index (χ0n) is 8.21. The van der Waals surface area contributed by atoms with Crippen LogP contribution in [0.4, 0.5) is 0 Å². The van der Waals surface area contributed by atoms with E-state index in [0.29, 0.717) is 0 Å². The summed E-state index contributed by atoms with van der Waals surface area (Å²) >= 11 is 0. The first-order valence-corrected chi connectivity index (χ1v) is 4.66. The minimum absolute atomic E-state index is 0.840. The van der Waals surface area contributed by atoms with E-state index in [1.807, 2.05) is 13.0 Å².